The number of nitrogens with one attached hydrogen (secondary N) is 1. The molecule has 2 bridgehead atoms. The van der Waals surface area contributed by atoms with E-state index in [1.165, 1.54) is 19.3 Å². The zero-order valence-corrected chi connectivity index (χ0v) is 11.7. The highest BCUT2D eigenvalue weighted by atomic mass is 16.2. The largest absolute Gasteiger partial charge is 0.322 e. The Labute approximate surface area is 114 Å². The number of hydrogen-bond donors (Lipinski definition) is 1. The molecule has 1 aliphatic carbocycles. The van der Waals surface area contributed by atoms with Gasteiger partial charge in [0.15, 0.2) is 0 Å². The maximum Gasteiger partial charge on any atom is 0.238 e. The van der Waals surface area contributed by atoms with E-state index in [-0.39, 0.29) is 5.91 Å². The molecule has 5 nitrogen and oxygen atoms in total. The minimum absolute atomic E-state index is 0.0795. The predicted octanol–water partition coefficient (Wildman–Crippen LogP) is 1.89. The van der Waals surface area contributed by atoms with E-state index in [0.717, 1.165) is 18.2 Å². The molecule has 5 heteroatoms. The second kappa shape index (κ2) is 4.96. The fourth-order valence-corrected chi connectivity index (χ4v) is 3.29. The summed E-state index contributed by atoms with van der Waals surface area (Å²) in [6.45, 7) is 5.76. The second-order valence-electron chi connectivity index (χ2n) is 6.11. The molecule has 2 aliphatic rings. The van der Waals surface area contributed by atoms with E-state index in [0.29, 0.717) is 18.6 Å². The minimum atomic E-state index is 0.0795. The van der Waals surface area contributed by atoms with Crippen LogP contribution in [0.3, 0.4) is 0 Å². The van der Waals surface area contributed by atoms with Gasteiger partial charge in [0.25, 0.3) is 0 Å². The summed E-state index contributed by atoms with van der Waals surface area (Å²) in [7, 11) is 0. The molecular weight excluding hydrogens is 240 g/mol. The van der Waals surface area contributed by atoms with Crippen LogP contribution in [0.25, 0.3) is 0 Å². The van der Waals surface area contributed by atoms with Crippen molar-refractivity contribution in [3.63, 3.8) is 0 Å². The highest BCUT2D eigenvalue weighted by molar-refractivity contribution is 5.92. The van der Waals surface area contributed by atoms with E-state index in [4.69, 9.17) is 0 Å². The van der Waals surface area contributed by atoms with Crippen molar-refractivity contribution in [1.29, 1.82) is 0 Å². The molecule has 1 aromatic rings. The van der Waals surface area contributed by atoms with Crippen LogP contribution in [0, 0.1) is 5.92 Å². The highest BCUT2D eigenvalue weighted by Crippen LogP contribution is 2.36. The zero-order chi connectivity index (χ0) is 13.4. The van der Waals surface area contributed by atoms with Crippen molar-refractivity contribution < 1.29 is 4.79 Å². The van der Waals surface area contributed by atoms with Gasteiger partial charge in [0.1, 0.15) is 0 Å². The number of carbonyl (C=O) groups excluding carboxylic acids is 1. The number of nitrogens with zero attached hydrogens (tertiary/aromatic N) is 3. The SMILES string of the molecule is CC(C)n1cc(NC(=O)CN2C[C@@H]3CC[C@H]2C3)cn1. The van der Waals surface area contributed by atoms with Gasteiger partial charge in [-0.3, -0.25) is 14.4 Å². The molecule has 104 valence electrons. The molecule has 1 saturated heterocycles. The van der Waals surface area contributed by atoms with Crippen molar-refractivity contribution in [3.05, 3.63) is 12.4 Å². The normalized spacial score (nSPS) is 26.3. The van der Waals surface area contributed by atoms with Gasteiger partial charge in [-0.25, -0.2) is 0 Å². The number of anilines is 1. The van der Waals surface area contributed by atoms with Crippen molar-refractivity contribution in [1.82, 2.24) is 14.7 Å². The summed E-state index contributed by atoms with van der Waals surface area (Å²) in [5.41, 5.74) is 0.794. The topological polar surface area (TPSA) is 50.2 Å². The fraction of sp³-hybridized carbons (Fsp3) is 0.714. The van der Waals surface area contributed by atoms with Crippen LogP contribution in [0.15, 0.2) is 12.4 Å². The Morgan fingerprint density at radius 3 is 2.95 bits per heavy atom. The number of amides is 1. The standard InChI is InChI=1S/C14H22N4O/c1-10(2)18-8-12(6-15-18)16-14(19)9-17-7-11-3-4-13(17)5-11/h6,8,10-11,13H,3-5,7,9H2,1-2H3,(H,16,19)/t11-,13+/m1/s1. The molecule has 0 aromatic carbocycles. The Bertz CT molecular complexity index is 468. The first-order chi connectivity index (χ1) is 9.11. The van der Waals surface area contributed by atoms with E-state index < -0.39 is 0 Å². The summed E-state index contributed by atoms with van der Waals surface area (Å²) in [6, 6.07) is 0.967. The van der Waals surface area contributed by atoms with Crippen LogP contribution in [0.2, 0.25) is 0 Å². The summed E-state index contributed by atoms with van der Waals surface area (Å²) in [5, 5.41) is 7.17. The molecular formula is C14H22N4O. The molecule has 0 unspecified atom stereocenters. The lowest BCUT2D eigenvalue weighted by atomic mass is 10.1. The Hall–Kier alpha value is -1.36. The van der Waals surface area contributed by atoms with Crippen molar-refractivity contribution in [2.75, 3.05) is 18.4 Å². The number of aromatic nitrogens is 2. The average Bonchev–Trinajstić information content (AvgIpc) is 3.03. The number of likely N-dealkylation sites (tertiary alicyclic amines) is 1. The van der Waals surface area contributed by atoms with Crippen LogP contribution >= 0.6 is 0 Å². The van der Waals surface area contributed by atoms with Gasteiger partial charge in [-0.15, -0.1) is 0 Å². The van der Waals surface area contributed by atoms with Gasteiger partial charge in [-0.05, 0) is 39.0 Å². The molecule has 2 atom stereocenters. The Morgan fingerprint density at radius 2 is 2.37 bits per heavy atom. The van der Waals surface area contributed by atoms with Crippen LogP contribution in [0.4, 0.5) is 5.69 Å². The highest BCUT2D eigenvalue weighted by Gasteiger charge is 2.38. The molecule has 1 N–H and O–H groups in total. The van der Waals surface area contributed by atoms with Crippen LogP contribution in [0.1, 0.15) is 39.2 Å². The summed E-state index contributed by atoms with van der Waals surface area (Å²) >= 11 is 0. The summed E-state index contributed by atoms with van der Waals surface area (Å²) < 4.78 is 1.85. The van der Waals surface area contributed by atoms with Gasteiger partial charge in [0, 0.05) is 24.8 Å². The predicted molar refractivity (Wildman–Crippen MR) is 73.9 cm³/mol. The molecule has 2 fully saturated rings. The molecule has 1 saturated carbocycles. The fourth-order valence-electron chi connectivity index (χ4n) is 3.29. The molecule has 0 radical (unpaired) electrons. The third kappa shape index (κ3) is 2.66. The number of rotatable bonds is 4. The van der Waals surface area contributed by atoms with E-state index in [9.17, 15) is 4.79 Å². The van der Waals surface area contributed by atoms with Crippen LogP contribution in [0.5, 0.6) is 0 Å². The van der Waals surface area contributed by atoms with E-state index >= 15 is 0 Å². The Morgan fingerprint density at radius 1 is 1.53 bits per heavy atom. The van der Waals surface area contributed by atoms with Crippen molar-refractivity contribution in [2.24, 2.45) is 5.92 Å². The van der Waals surface area contributed by atoms with E-state index in [1.54, 1.807) is 6.20 Å². The second-order valence-corrected chi connectivity index (χ2v) is 6.11. The number of hydrogen-bond acceptors (Lipinski definition) is 3. The number of fused-ring (bicyclic) bond motifs is 2. The van der Waals surface area contributed by atoms with Gasteiger partial charge < -0.3 is 5.32 Å². The lowest BCUT2D eigenvalue weighted by molar-refractivity contribution is -0.117. The molecule has 2 heterocycles. The quantitative estimate of drug-likeness (QED) is 0.901. The van der Waals surface area contributed by atoms with Gasteiger partial charge in [-0.2, -0.15) is 5.10 Å². The maximum atomic E-state index is 12.0. The molecule has 1 aromatic heterocycles. The Balaban J connectivity index is 1.53. The first kappa shape index (κ1) is 12.7. The molecule has 1 aliphatic heterocycles. The molecule has 1 amide bonds. The van der Waals surface area contributed by atoms with Gasteiger partial charge >= 0.3 is 0 Å². The first-order valence-corrected chi connectivity index (χ1v) is 7.20. The third-order valence-corrected chi connectivity index (χ3v) is 4.28. The molecule has 0 spiro atoms. The van der Waals surface area contributed by atoms with Crippen molar-refractivity contribution in [3.8, 4) is 0 Å². The molecule has 19 heavy (non-hydrogen) atoms. The maximum absolute atomic E-state index is 12.0. The van der Waals surface area contributed by atoms with Crippen LogP contribution < -0.4 is 5.32 Å². The summed E-state index contributed by atoms with van der Waals surface area (Å²) in [4.78, 5) is 14.4. The smallest absolute Gasteiger partial charge is 0.238 e. The van der Waals surface area contributed by atoms with Crippen LogP contribution in [-0.2, 0) is 4.79 Å². The van der Waals surface area contributed by atoms with Crippen molar-refractivity contribution >= 4 is 11.6 Å². The Kier molecular flexibility index (Phi) is 3.31. The number of piperidine rings is 1. The van der Waals surface area contributed by atoms with E-state index in [1.807, 2.05) is 10.9 Å². The first-order valence-electron chi connectivity index (χ1n) is 7.20. The zero-order valence-electron chi connectivity index (χ0n) is 11.7. The summed E-state index contributed by atoms with van der Waals surface area (Å²) in [6.07, 6.45) is 7.51. The number of carbonyl (C=O) groups is 1. The lowest BCUT2D eigenvalue weighted by Gasteiger charge is -2.25. The third-order valence-electron chi connectivity index (χ3n) is 4.28. The summed E-state index contributed by atoms with van der Waals surface area (Å²) in [5.74, 6) is 0.914. The monoisotopic (exact) mass is 262 g/mol. The average molecular weight is 262 g/mol. The van der Waals surface area contributed by atoms with Crippen LogP contribution in [-0.4, -0.2) is 39.7 Å². The van der Waals surface area contributed by atoms with Gasteiger partial charge in [0.2, 0.25) is 5.91 Å². The van der Waals surface area contributed by atoms with Crippen molar-refractivity contribution in [2.45, 2.75) is 45.2 Å². The van der Waals surface area contributed by atoms with E-state index in [2.05, 4.69) is 29.2 Å². The van der Waals surface area contributed by atoms with Gasteiger partial charge in [0.05, 0.1) is 18.4 Å². The lowest BCUT2D eigenvalue weighted by Crippen LogP contribution is -2.38. The minimum Gasteiger partial charge on any atom is -0.322 e. The molecule has 3 rings (SSSR count). The van der Waals surface area contributed by atoms with Gasteiger partial charge in [-0.1, -0.05) is 0 Å².